The summed E-state index contributed by atoms with van der Waals surface area (Å²) in [4.78, 5) is 0. The van der Waals surface area contributed by atoms with E-state index in [0.29, 0.717) is 5.69 Å². The molecule has 0 atom stereocenters. The van der Waals surface area contributed by atoms with E-state index >= 15 is 0 Å². The molecule has 15 heavy (non-hydrogen) atoms. The maximum absolute atomic E-state index is 13.4. The van der Waals surface area contributed by atoms with Gasteiger partial charge >= 0.3 is 0 Å². The van der Waals surface area contributed by atoms with Crippen LogP contribution < -0.4 is 5.73 Å². The molecule has 78 valence electrons. The summed E-state index contributed by atoms with van der Waals surface area (Å²) in [5.74, 6) is -0.721. The van der Waals surface area contributed by atoms with E-state index in [0.717, 1.165) is 18.2 Å². The number of aromatic nitrogens is 2. The highest BCUT2D eigenvalue weighted by Crippen LogP contribution is 2.24. The Hall–Kier alpha value is -1.91. The summed E-state index contributed by atoms with van der Waals surface area (Å²) in [6.45, 7) is 0. The second-order valence-corrected chi connectivity index (χ2v) is 3.20. The van der Waals surface area contributed by atoms with Crippen molar-refractivity contribution in [3.8, 4) is 11.3 Å². The van der Waals surface area contributed by atoms with Gasteiger partial charge in [0.1, 0.15) is 17.5 Å². The fraction of sp³-hybridized carbons (Fsp3) is 0.100. The molecule has 2 N–H and O–H groups in total. The molecule has 2 aromatic rings. The first-order valence-corrected chi connectivity index (χ1v) is 4.33. The monoisotopic (exact) mass is 209 g/mol. The quantitative estimate of drug-likeness (QED) is 0.780. The summed E-state index contributed by atoms with van der Waals surface area (Å²) in [5.41, 5.74) is 6.06. The lowest BCUT2D eigenvalue weighted by Gasteiger charge is -2.03. The van der Waals surface area contributed by atoms with E-state index in [1.165, 1.54) is 10.7 Å². The lowest BCUT2D eigenvalue weighted by molar-refractivity contribution is 0.601. The molecule has 0 amide bonds. The molecule has 0 saturated carbocycles. The van der Waals surface area contributed by atoms with E-state index in [1.807, 2.05) is 0 Å². The van der Waals surface area contributed by atoms with Crippen molar-refractivity contribution in [1.29, 1.82) is 0 Å². The van der Waals surface area contributed by atoms with Crippen molar-refractivity contribution in [2.45, 2.75) is 0 Å². The zero-order valence-electron chi connectivity index (χ0n) is 8.04. The first-order valence-electron chi connectivity index (χ1n) is 4.33. The molecule has 1 heterocycles. The van der Waals surface area contributed by atoms with Crippen molar-refractivity contribution in [3.05, 3.63) is 35.9 Å². The molecule has 0 aliphatic heterocycles. The zero-order chi connectivity index (χ0) is 11.0. The Kier molecular flexibility index (Phi) is 2.15. The number of nitrogens with two attached hydrogens (primary N) is 1. The third kappa shape index (κ3) is 1.68. The number of benzene rings is 1. The molecule has 1 aromatic carbocycles. The zero-order valence-corrected chi connectivity index (χ0v) is 8.04. The lowest BCUT2D eigenvalue weighted by Crippen LogP contribution is -1.96. The topological polar surface area (TPSA) is 43.8 Å². The van der Waals surface area contributed by atoms with Gasteiger partial charge in [0, 0.05) is 18.7 Å². The van der Waals surface area contributed by atoms with Crippen molar-refractivity contribution >= 4 is 5.82 Å². The summed E-state index contributed by atoms with van der Waals surface area (Å²) in [6.07, 6.45) is 0. The van der Waals surface area contributed by atoms with E-state index in [1.54, 1.807) is 7.05 Å². The second-order valence-electron chi connectivity index (χ2n) is 3.20. The van der Waals surface area contributed by atoms with Gasteiger partial charge in [0.15, 0.2) is 0 Å². The van der Waals surface area contributed by atoms with Crippen molar-refractivity contribution in [1.82, 2.24) is 9.78 Å². The summed E-state index contributed by atoms with van der Waals surface area (Å²) >= 11 is 0. The fourth-order valence-electron chi connectivity index (χ4n) is 1.44. The van der Waals surface area contributed by atoms with Gasteiger partial charge in [-0.25, -0.2) is 8.78 Å². The minimum atomic E-state index is -0.501. The molecule has 2 rings (SSSR count). The van der Waals surface area contributed by atoms with Crippen LogP contribution in [0.3, 0.4) is 0 Å². The van der Waals surface area contributed by atoms with Gasteiger partial charge in [0.05, 0.1) is 5.69 Å². The average Bonchev–Trinajstić information content (AvgIpc) is 2.50. The fourth-order valence-corrected chi connectivity index (χ4v) is 1.44. The smallest absolute Gasteiger partial charge is 0.146 e. The highest BCUT2D eigenvalue weighted by molar-refractivity contribution is 5.63. The number of rotatable bonds is 1. The van der Waals surface area contributed by atoms with Gasteiger partial charge in [-0.1, -0.05) is 0 Å². The highest BCUT2D eigenvalue weighted by atomic mass is 19.1. The summed E-state index contributed by atoms with van der Waals surface area (Å²) < 4.78 is 27.7. The largest absolute Gasteiger partial charge is 0.382 e. The van der Waals surface area contributed by atoms with Gasteiger partial charge in [-0.2, -0.15) is 5.10 Å². The number of anilines is 1. The van der Waals surface area contributed by atoms with Crippen LogP contribution >= 0.6 is 0 Å². The Bertz CT molecular complexity index is 505. The number of nitrogen functional groups attached to an aromatic ring is 1. The van der Waals surface area contributed by atoms with Crippen LogP contribution in [0.5, 0.6) is 0 Å². The molecular formula is C10H9F2N3. The molecule has 0 radical (unpaired) electrons. The Morgan fingerprint density at radius 1 is 1.27 bits per heavy atom. The molecule has 0 bridgehead atoms. The van der Waals surface area contributed by atoms with Crippen molar-refractivity contribution < 1.29 is 8.78 Å². The van der Waals surface area contributed by atoms with Crippen LogP contribution in [0, 0.1) is 11.6 Å². The molecule has 0 aliphatic carbocycles. The highest BCUT2D eigenvalue weighted by Gasteiger charge is 2.11. The van der Waals surface area contributed by atoms with E-state index in [9.17, 15) is 8.78 Å². The number of halogens is 2. The third-order valence-corrected chi connectivity index (χ3v) is 2.10. The van der Waals surface area contributed by atoms with Gasteiger partial charge in [-0.3, -0.25) is 4.68 Å². The Morgan fingerprint density at radius 2 is 2.00 bits per heavy atom. The number of nitrogens with zero attached hydrogens (tertiary/aromatic N) is 2. The molecule has 0 aliphatic rings. The molecule has 0 fully saturated rings. The summed E-state index contributed by atoms with van der Waals surface area (Å²) in [6, 6.07) is 4.76. The van der Waals surface area contributed by atoms with Crippen LogP contribution in [0.2, 0.25) is 0 Å². The molecular weight excluding hydrogens is 200 g/mol. The predicted molar refractivity (Wildman–Crippen MR) is 53.0 cm³/mol. The van der Waals surface area contributed by atoms with Gasteiger partial charge < -0.3 is 5.73 Å². The van der Waals surface area contributed by atoms with Crippen LogP contribution in [-0.2, 0) is 7.05 Å². The molecule has 0 unspecified atom stereocenters. The van der Waals surface area contributed by atoms with Crippen LogP contribution in [0.4, 0.5) is 14.6 Å². The molecule has 5 heteroatoms. The first-order chi connectivity index (χ1) is 7.08. The van der Waals surface area contributed by atoms with Crippen LogP contribution in [0.25, 0.3) is 11.3 Å². The predicted octanol–water partition coefficient (Wildman–Crippen LogP) is 1.95. The number of aryl methyl sites for hydroxylation is 1. The van der Waals surface area contributed by atoms with Gasteiger partial charge in [0.25, 0.3) is 0 Å². The van der Waals surface area contributed by atoms with Gasteiger partial charge in [-0.05, 0) is 18.2 Å². The first kappa shape index (κ1) is 9.64. The Labute approximate surface area is 85.1 Å². The third-order valence-electron chi connectivity index (χ3n) is 2.10. The normalized spacial score (nSPS) is 10.6. The van der Waals surface area contributed by atoms with Crippen molar-refractivity contribution in [3.63, 3.8) is 0 Å². The molecule has 0 spiro atoms. The molecule has 3 nitrogen and oxygen atoms in total. The molecule has 1 aromatic heterocycles. The maximum atomic E-state index is 13.4. The van der Waals surface area contributed by atoms with E-state index < -0.39 is 11.6 Å². The van der Waals surface area contributed by atoms with Crippen molar-refractivity contribution in [2.24, 2.45) is 7.05 Å². The summed E-state index contributed by atoms with van der Waals surface area (Å²) in [7, 11) is 1.62. The second kappa shape index (κ2) is 3.34. The van der Waals surface area contributed by atoms with Crippen LogP contribution in [0.1, 0.15) is 0 Å². The maximum Gasteiger partial charge on any atom is 0.146 e. The number of hydrogen-bond donors (Lipinski definition) is 1. The van der Waals surface area contributed by atoms with E-state index in [-0.39, 0.29) is 11.4 Å². The van der Waals surface area contributed by atoms with Gasteiger partial charge in [-0.15, -0.1) is 0 Å². The van der Waals surface area contributed by atoms with Gasteiger partial charge in [0.2, 0.25) is 0 Å². The Morgan fingerprint density at radius 3 is 2.60 bits per heavy atom. The lowest BCUT2D eigenvalue weighted by atomic mass is 10.1. The van der Waals surface area contributed by atoms with Crippen LogP contribution in [-0.4, -0.2) is 9.78 Å². The minimum absolute atomic E-state index is 0.154. The van der Waals surface area contributed by atoms with Crippen molar-refractivity contribution in [2.75, 3.05) is 5.73 Å². The summed E-state index contributed by atoms with van der Waals surface area (Å²) in [5, 5.41) is 3.86. The van der Waals surface area contributed by atoms with E-state index in [2.05, 4.69) is 5.10 Å². The Balaban J connectivity index is 2.62. The molecule has 0 saturated heterocycles. The minimum Gasteiger partial charge on any atom is -0.382 e. The SMILES string of the molecule is Cn1nc(N)cc1-c1cc(F)ccc1F. The number of hydrogen-bond acceptors (Lipinski definition) is 2. The standard InChI is InChI=1S/C10H9F2N3/c1-15-9(5-10(13)14-15)7-4-6(11)2-3-8(7)12/h2-5H,1H3,(H2,13,14). The van der Waals surface area contributed by atoms with E-state index in [4.69, 9.17) is 5.73 Å². The van der Waals surface area contributed by atoms with Crippen LogP contribution in [0.15, 0.2) is 24.3 Å². The average molecular weight is 209 g/mol.